The molecule has 0 aliphatic carbocycles. The molecule has 1 aliphatic rings. The van der Waals surface area contributed by atoms with Crippen LogP contribution in [0.5, 0.6) is 0 Å². The molecule has 0 bridgehead atoms. The van der Waals surface area contributed by atoms with Crippen LogP contribution in [0.4, 0.5) is 0 Å². The lowest BCUT2D eigenvalue weighted by atomic mass is 10.1. The molecule has 1 saturated heterocycles. The minimum atomic E-state index is -4.77. The second-order valence-electron chi connectivity index (χ2n) is 6.08. The molecular formula is C15H27IN3O9P. The molecule has 2 rings (SSSR count). The van der Waals surface area contributed by atoms with E-state index in [9.17, 15) is 24.4 Å². The molecule has 1 aromatic heterocycles. The largest absolute Gasteiger partial charge is 0.469 e. The van der Waals surface area contributed by atoms with Crippen LogP contribution in [0, 0.1) is 3.70 Å². The van der Waals surface area contributed by atoms with Gasteiger partial charge in [-0.25, -0.2) is 9.36 Å². The minimum Gasteiger partial charge on any atom is -0.387 e. The molecule has 5 N–H and O–H groups in total. The van der Waals surface area contributed by atoms with Crippen LogP contribution in [0.3, 0.4) is 0 Å². The number of rotatable bonds is 7. The van der Waals surface area contributed by atoms with Crippen molar-refractivity contribution in [3.8, 4) is 0 Å². The number of halogens is 1. The highest BCUT2D eigenvalue weighted by Gasteiger charge is 2.45. The lowest BCUT2D eigenvalue weighted by Crippen LogP contribution is -2.39. The number of aliphatic hydroxyl groups is 2. The first-order valence-corrected chi connectivity index (χ1v) is 11.5. The smallest absolute Gasteiger partial charge is 0.387 e. The fourth-order valence-corrected chi connectivity index (χ4v) is 3.75. The number of phosphoric ester groups is 1. The maximum atomic E-state index is 11.8. The van der Waals surface area contributed by atoms with Crippen molar-refractivity contribution < 1.29 is 33.8 Å². The Bertz CT molecular complexity index is 801. The van der Waals surface area contributed by atoms with Gasteiger partial charge < -0.3 is 29.6 Å². The summed E-state index contributed by atoms with van der Waals surface area (Å²) in [6, 6.07) is 1.09. The van der Waals surface area contributed by atoms with E-state index < -0.39 is 50.2 Å². The number of aliphatic hydroxyl groups excluding tert-OH is 2. The summed E-state index contributed by atoms with van der Waals surface area (Å²) >= 11 is 1.67. The van der Waals surface area contributed by atoms with Gasteiger partial charge in [0.1, 0.15) is 18.3 Å². The van der Waals surface area contributed by atoms with Crippen LogP contribution in [0.2, 0.25) is 0 Å². The van der Waals surface area contributed by atoms with Crippen LogP contribution in [-0.2, 0) is 13.8 Å². The van der Waals surface area contributed by atoms with Gasteiger partial charge in [-0.05, 0) is 42.2 Å². The van der Waals surface area contributed by atoms with Crippen LogP contribution < -0.4 is 11.2 Å². The van der Waals surface area contributed by atoms with Crippen molar-refractivity contribution in [2.24, 2.45) is 0 Å². The number of ether oxygens (including phenoxy) is 1. The fraction of sp³-hybridized carbons (Fsp3) is 0.733. The van der Waals surface area contributed by atoms with Crippen molar-refractivity contribution in [3.05, 3.63) is 30.6 Å². The molecule has 29 heavy (non-hydrogen) atoms. The summed E-state index contributed by atoms with van der Waals surface area (Å²) in [5, 5.41) is 19.8. The highest BCUT2D eigenvalue weighted by molar-refractivity contribution is 14.1. The number of H-pyrrole nitrogens is 1. The molecule has 1 aromatic rings. The van der Waals surface area contributed by atoms with Crippen molar-refractivity contribution in [2.75, 3.05) is 26.2 Å². The quantitative estimate of drug-likeness (QED) is 0.164. The third kappa shape index (κ3) is 7.84. The first kappa shape index (κ1) is 26.4. The average Bonchev–Trinajstić information content (AvgIpc) is 2.89. The predicted molar refractivity (Wildman–Crippen MR) is 111 cm³/mol. The summed E-state index contributed by atoms with van der Waals surface area (Å²) in [5.74, 6) is 0. The molecule has 0 amide bonds. The summed E-state index contributed by atoms with van der Waals surface area (Å²) in [7, 11) is -4.77. The Morgan fingerprint density at radius 2 is 1.76 bits per heavy atom. The number of aromatic amines is 1. The molecule has 1 aliphatic heterocycles. The SMILES string of the molecule is CCN(CC)CC.O=c1cc(I)n([C@@H]2O[C@H](COP(=O)(O)O)[C@@H](O)[C@H]2O)c(=O)[nH]1. The Balaban J connectivity index is 0.000000516. The molecule has 0 aromatic carbocycles. The number of nitrogens with one attached hydrogen (secondary N) is 1. The van der Waals surface area contributed by atoms with Crippen LogP contribution in [-0.4, -0.2) is 79.0 Å². The molecule has 14 heteroatoms. The number of aromatic nitrogens is 2. The van der Waals surface area contributed by atoms with Gasteiger partial charge in [-0.2, -0.15) is 0 Å². The van der Waals surface area contributed by atoms with Crippen molar-refractivity contribution in [1.29, 1.82) is 0 Å². The molecule has 2 heterocycles. The average molecular weight is 551 g/mol. The molecule has 1 fully saturated rings. The Morgan fingerprint density at radius 3 is 2.17 bits per heavy atom. The summed E-state index contributed by atoms with van der Waals surface area (Å²) < 4.78 is 21.2. The van der Waals surface area contributed by atoms with Gasteiger partial charge in [0.05, 0.1) is 10.3 Å². The zero-order valence-electron chi connectivity index (χ0n) is 16.3. The molecule has 168 valence electrons. The summed E-state index contributed by atoms with van der Waals surface area (Å²) in [5.41, 5.74) is -1.50. The standard InChI is InChI=1S/C9H12IN2O9P.C6H15N/c10-4-1-5(13)11-9(16)12(4)8-7(15)6(14)3(21-8)2-20-22(17,18)19;1-4-7(5-2)6-3/h1,3,6-8,14-15H,2H2,(H,11,13,16)(H2,17,18,19);4-6H2,1-3H3/t3-,6-,7-,8-;/m1./s1. The van der Waals surface area contributed by atoms with Crippen molar-refractivity contribution >= 4 is 30.4 Å². The van der Waals surface area contributed by atoms with Crippen molar-refractivity contribution in [1.82, 2.24) is 14.5 Å². The zero-order chi connectivity index (χ0) is 22.4. The van der Waals surface area contributed by atoms with Gasteiger partial charge in [0.15, 0.2) is 6.23 Å². The monoisotopic (exact) mass is 551 g/mol. The van der Waals surface area contributed by atoms with E-state index in [4.69, 9.17) is 14.5 Å². The Kier molecular flexibility index (Phi) is 10.6. The predicted octanol–water partition coefficient (Wildman–Crippen LogP) is -0.782. The van der Waals surface area contributed by atoms with Gasteiger partial charge in [0.2, 0.25) is 0 Å². The van der Waals surface area contributed by atoms with E-state index in [0.717, 1.165) is 10.6 Å². The molecule has 0 spiro atoms. The maximum absolute atomic E-state index is 11.8. The van der Waals surface area contributed by atoms with Crippen molar-refractivity contribution in [3.63, 3.8) is 0 Å². The normalized spacial score (nSPS) is 24.4. The van der Waals surface area contributed by atoms with E-state index in [1.165, 1.54) is 19.6 Å². The lowest BCUT2D eigenvalue weighted by molar-refractivity contribution is -0.0555. The molecule has 0 saturated carbocycles. The lowest BCUT2D eigenvalue weighted by Gasteiger charge is -2.18. The number of hydrogen-bond acceptors (Lipinski definition) is 8. The van der Waals surface area contributed by atoms with Crippen LogP contribution in [0.1, 0.15) is 27.0 Å². The van der Waals surface area contributed by atoms with E-state index in [1.54, 1.807) is 22.6 Å². The first-order chi connectivity index (χ1) is 13.4. The zero-order valence-corrected chi connectivity index (χ0v) is 19.3. The summed E-state index contributed by atoms with van der Waals surface area (Å²) in [6.07, 6.45) is -5.69. The summed E-state index contributed by atoms with van der Waals surface area (Å²) in [6.45, 7) is 9.44. The van der Waals surface area contributed by atoms with Crippen molar-refractivity contribution in [2.45, 2.75) is 45.3 Å². The van der Waals surface area contributed by atoms with Gasteiger partial charge in [-0.15, -0.1) is 0 Å². The topological polar surface area (TPSA) is 175 Å². The molecule has 4 atom stereocenters. The highest BCUT2D eigenvalue weighted by atomic mass is 127. The van der Waals surface area contributed by atoms with Crippen LogP contribution >= 0.6 is 30.4 Å². The van der Waals surface area contributed by atoms with E-state index in [1.807, 2.05) is 4.98 Å². The molecule has 0 unspecified atom stereocenters. The van der Waals surface area contributed by atoms with Gasteiger partial charge in [-0.3, -0.25) is 18.9 Å². The van der Waals surface area contributed by atoms with E-state index in [-0.39, 0.29) is 3.70 Å². The Hall–Kier alpha value is -0.640. The Morgan fingerprint density at radius 1 is 1.21 bits per heavy atom. The second-order valence-corrected chi connectivity index (χ2v) is 8.43. The molecular weight excluding hydrogens is 524 g/mol. The van der Waals surface area contributed by atoms with Gasteiger partial charge in [-0.1, -0.05) is 20.8 Å². The number of phosphoric acid groups is 1. The molecule has 0 radical (unpaired) electrons. The van der Waals surface area contributed by atoms with E-state index >= 15 is 0 Å². The first-order valence-electron chi connectivity index (χ1n) is 8.90. The maximum Gasteiger partial charge on any atom is 0.469 e. The van der Waals surface area contributed by atoms with E-state index in [0.29, 0.717) is 0 Å². The third-order valence-corrected chi connectivity index (χ3v) is 5.59. The summed E-state index contributed by atoms with van der Waals surface area (Å²) in [4.78, 5) is 44.6. The highest BCUT2D eigenvalue weighted by Crippen LogP contribution is 2.38. The van der Waals surface area contributed by atoms with Gasteiger partial charge >= 0.3 is 13.5 Å². The number of hydrogen-bond donors (Lipinski definition) is 5. The fourth-order valence-electron chi connectivity index (χ4n) is 2.64. The Labute approximate surface area is 180 Å². The van der Waals surface area contributed by atoms with Crippen LogP contribution in [0.15, 0.2) is 15.7 Å². The van der Waals surface area contributed by atoms with Gasteiger partial charge in [0.25, 0.3) is 5.56 Å². The van der Waals surface area contributed by atoms with Crippen LogP contribution in [0.25, 0.3) is 0 Å². The minimum absolute atomic E-state index is 0.152. The second kappa shape index (κ2) is 11.7. The van der Waals surface area contributed by atoms with E-state index in [2.05, 4.69) is 30.2 Å². The molecule has 12 nitrogen and oxygen atoms in total. The van der Waals surface area contributed by atoms with Gasteiger partial charge in [0, 0.05) is 6.07 Å². The number of nitrogens with zero attached hydrogens (tertiary/aromatic N) is 2. The third-order valence-electron chi connectivity index (χ3n) is 4.27.